The number of nitrogens with zero attached hydrogens (tertiary/aromatic N) is 1. The molecule has 1 amide bonds. The van der Waals surface area contributed by atoms with Crippen molar-refractivity contribution >= 4 is 26.6 Å². The SMILES string of the molecule is O=C(CCn1ccc2ccc(F)cc21)N[C@H]1C=CS(=O)(=O)C1. The molecule has 0 saturated heterocycles. The van der Waals surface area contributed by atoms with Gasteiger partial charge in [-0.2, -0.15) is 0 Å². The Morgan fingerprint density at radius 2 is 2.18 bits per heavy atom. The molecule has 0 fully saturated rings. The third kappa shape index (κ3) is 3.19. The highest BCUT2D eigenvalue weighted by molar-refractivity contribution is 7.94. The Morgan fingerprint density at radius 3 is 2.91 bits per heavy atom. The van der Waals surface area contributed by atoms with Crippen LogP contribution < -0.4 is 5.32 Å². The van der Waals surface area contributed by atoms with E-state index in [-0.39, 0.29) is 23.9 Å². The van der Waals surface area contributed by atoms with Gasteiger partial charge in [-0.25, -0.2) is 12.8 Å². The highest BCUT2D eigenvalue weighted by Gasteiger charge is 2.22. The molecule has 116 valence electrons. The lowest BCUT2D eigenvalue weighted by molar-refractivity contribution is -0.121. The Hall–Kier alpha value is -2.15. The topological polar surface area (TPSA) is 68.2 Å². The third-order valence-corrected chi connectivity index (χ3v) is 4.99. The molecule has 1 aromatic heterocycles. The van der Waals surface area contributed by atoms with E-state index in [1.54, 1.807) is 16.8 Å². The van der Waals surface area contributed by atoms with Crippen molar-refractivity contribution in [2.75, 3.05) is 5.75 Å². The number of benzene rings is 1. The van der Waals surface area contributed by atoms with E-state index in [9.17, 15) is 17.6 Å². The number of halogens is 1. The molecule has 0 radical (unpaired) electrons. The number of carbonyl (C=O) groups is 1. The monoisotopic (exact) mass is 322 g/mol. The molecule has 1 atom stereocenters. The molecule has 3 rings (SSSR count). The van der Waals surface area contributed by atoms with Gasteiger partial charge < -0.3 is 9.88 Å². The first-order valence-corrected chi connectivity index (χ1v) is 8.59. The summed E-state index contributed by atoms with van der Waals surface area (Å²) in [5, 5.41) is 4.70. The minimum Gasteiger partial charge on any atom is -0.349 e. The molecule has 0 unspecified atom stereocenters. The van der Waals surface area contributed by atoms with Crippen LogP contribution in [-0.2, 0) is 21.2 Å². The van der Waals surface area contributed by atoms with Crippen LogP contribution in [0.25, 0.3) is 10.9 Å². The molecule has 1 aromatic carbocycles. The molecule has 0 spiro atoms. The molecule has 1 aliphatic heterocycles. The largest absolute Gasteiger partial charge is 0.349 e. The van der Waals surface area contributed by atoms with Crippen molar-refractivity contribution < 1.29 is 17.6 Å². The highest BCUT2D eigenvalue weighted by atomic mass is 32.2. The highest BCUT2D eigenvalue weighted by Crippen LogP contribution is 2.17. The number of rotatable bonds is 4. The Labute approximate surface area is 127 Å². The predicted octanol–water partition coefficient (Wildman–Crippen LogP) is 1.60. The van der Waals surface area contributed by atoms with Crippen LogP contribution in [0.2, 0.25) is 0 Å². The number of sulfone groups is 1. The maximum atomic E-state index is 13.3. The fourth-order valence-electron chi connectivity index (χ4n) is 2.52. The lowest BCUT2D eigenvalue weighted by Gasteiger charge is -2.10. The Kier molecular flexibility index (Phi) is 3.74. The van der Waals surface area contributed by atoms with Crippen LogP contribution in [0.1, 0.15) is 6.42 Å². The number of hydrogen-bond donors (Lipinski definition) is 1. The van der Waals surface area contributed by atoms with Crippen LogP contribution in [0, 0.1) is 5.82 Å². The van der Waals surface area contributed by atoms with Crippen LogP contribution in [0.3, 0.4) is 0 Å². The van der Waals surface area contributed by atoms with Gasteiger partial charge in [0, 0.05) is 24.6 Å². The van der Waals surface area contributed by atoms with E-state index in [0.29, 0.717) is 6.54 Å². The van der Waals surface area contributed by atoms with E-state index in [0.717, 1.165) is 16.3 Å². The van der Waals surface area contributed by atoms with Gasteiger partial charge in [0.15, 0.2) is 9.84 Å². The van der Waals surface area contributed by atoms with Crippen molar-refractivity contribution in [1.29, 1.82) is 0 Å². The molecule has 7 heteroatoms. The van der Waals surface area contributed by atoms with Crippen LogP contribution in [0.15, 0.2) is 41.9 Å². The zero-order chi connectivity index (χ0) is 15.7. The first-order chi connectivity index (χ1) is 10.4. The second kappa shape index (κ2) is 5.57. The zero-order valence-corrected chi connectivity index (χ0v) is 12.5. The fourth-order valence-corrected chi connectivity index (χ4v) is 3.75. The average Bonchev–Trinajstić information content (AvgIpc) is 2.99. The minimum atomic E-state index is -3.17. The molecule has 5 nitrogen and oxygen atoms in total. The number of amides is 1. The van der Waals surface area contributed by atoms with Gasteiger partial charge >= 0.3 is 0 Å². The van der Waals surface area contributed by atoms with Crippen LogP contribution in [-0.4, -0.2) is 30.7 Å². The van der Waals surface area contributed by atoms with E-state index in [4.69, 9.17) is 0 Å². The molecule has 2 aromatic rings. The van der Waals surface area contributed by atoms with Gasteiger partial charge in [0.25, 0.3) is 0 Å². The number of hydrogen-bond acceptors (Lipinski definition) is 3. The van der Waals surface area contributed by atoms with Crippen molar-refractivity contribution in [1.82, 2.24) is 9.88 Å². The predicted molar refractivity (Wildman–Crippen MR) is 81.4 cm³/mol. The summed E-state index contributed by atoms with van der Waals surface area (Å²) in [7, 11) is -3.17. The number of fused-ring (bicyclic) bond motifs is 1. The standard InChI is InChI=1S/C15H15FN2O3S/c16-12-2-1-11-3-6-18(14(11)9-12)7-4-15(19)17-13-5-8-22(20,21)10-13/h1-3,5-6,8-9,13H,4,7,10H2,(H,17,19)/t13-/m0/s1. The van der Waals surface area contributed by atoms with Gasteiger partial charge in [-0.15, -0.1) is 0 Å². The third-order valence-electron chi connectivity index (χ3n) is 3.59. The summed E-state index contributed by atoms with van der Waals surface area (Å²) in [4.78, 5) is 11.9. The Balaban J connectivity index is 1.61. The minimum absolute atomic E-state index is 0.0869. The van der Waals surface area contributed by atoms with Gasteiger partial charge in [0.05, 0.1) is 17.3 Å². The molecule has 2 heterocycles. The number of aryl methyl sites for hydroxylation is 1. The van der Waals surface area contributed by atoms with E-state index >= 15 is 0 Å². The Morgan fingerprint density at radius 1 is 1.36 bits per heavy atom. The molecule has 0 aliphatic carbocycles. The molecule has 1 aliphatic rings. The van der Waals surface area contributed by atoms with Gasteiger partial charge in [0.1, 0.15) is 5.82 Å². The van der Waals surface area contributed by atoms with Crippen molar-refractivity contribution in [2.24, 2.45) is 0 Å². The molecule has 22 heavy (non-hydrogen) atoms. The van der Waals surface area contributed by atoms with Crippen molar-refractivity contribution in [2.45, 2.75) is 19.0 Å². The van der Waals surface area contributed by atoms with Gasteiger partial charge in [-0.05, 0) is 35.7 Å². The van der Waals surface area contributed by atoms with Crippen LogP contribution >= 0.6 is 0 Å². The van der Waals surface area contributed by atoms with Crippen molar-refractivity contribution in [3.63, 3.8) is 0 Å². The van der Waals surface area contributed by atoms with E-state index in [2.05, 4.69) is 5.32 Å². The number of carbonyl (C=O) groups excluding carboxylic acids is 1. The summed E-state index contributed by atoms with van der Waals surface area (Å²) in [6, 6.07) is 5.91. The molecule has 0 bridgehead atoms. The van der Waals surface area contributed by atoms with Gasteiger partial charge in [0.2, 0.25) is 5.91 Å². The lowest BCUT2D eigenvalue weighted by atomic mass is 10.2. The normalized spacial score (nSPS) is 19.6. The fraction of sp³-hybridized carbons (Fsp3) is 0.267. The maximum Gasteiger partial charge on any atom is 0.222 e. The quantitative estimate of drug-likeness (QED) is 0.929. The first kappa shape index (κ1) is 14.8. The lowest BCUT2D eigenvalue weighted by Crippen LogP contribution is -2.35. The van der Waals surface area contributed by atoms with Crippen molar-refractivity contribution in [3.05, 3.63) is 47.8 Å². The van der Waals surface area contributed by atoms with Gasteiger partial charge in [-0.1, -0.05) is 0 Å². The van der Waals surface area contributed by atoms with Crippen LogP contribution in [0.5, 0.6) is 0 Å². The molecular weight excluding hydrogens is 307 g/mol. The zero-order valence-electron chi connectivity index (χ0n) is 11.7. The number of aromatic nitrogens is 1. The summed E-state index contributed by atoms with van der Waals surface area (Å²) >= 11 is 0. The first-order valence-electron chi connectivity index (χ1n) is 6.88. The van der Waals surface area contributed by atoms with E-state index < -0.39 is 15.9 Å². The van der Waals surface area contributed by atoms with Crippen molar-refractivity contribution in [3.8, 4) is 0 Å². The van der Waals surface area contributed by atoms with E-state index in [1.165, 1.54) is 18.2 Å². The summed E-state index contributed by atoms with van der Waals surface area (Å²) in [6.45, 7) is 0.405. The summed E-state index contributed by atoms with van der Waals surface area (Å²) in [5.41, 5.74) is 0.733. The second-order valence-corrected chi connectivity index (χ2v) is 7.23. The average molecular weight is 322 g/mol. The van der Waals surface area contributed by atoms with E-state index in [1.807, 2.05) is 6.07 Å². The molecule has 0 saturated carbocycles. The second-order valence-electron chi connectivity index (χ2n) is 5.29. The smallest absolute Gasteiger partial charge is 0.222 e. The summed E-state index contributed by atoms with van der Waals surface area (Å²) in [5.74, 6) is -0.639. The van der Waals surface area contributed by atoms with Gasteiger partial charge in [-0.3, -0.25) is 4.79 Å². The maximum absolute atomic E-state index is 13.3. The Bertz CT molecular complexity index is 855. The summed E-state index contributed by atoms with van der Waals surface area (Å²) < 4.78 is 37.6. The molecule has 1 N–H and O–H groups in total. The molecular formula is C15H15FN2O3S. The summed E-state index contributed by atoms with van der Waals surface area (Å²) in [6.07, 6.45) is 3.48. The van der Waals surface area contributed by atoms with Crippen LogP contribution in [0.4, 0.5) is 4.39 Å². The number of nitrogens with one attached hydrogen (secondary N) is 1.